The fourth-order valence-corrected chi connectivity index (χ4v) is 3.79. The summed E-state index contributed by atoms with van der Waals surface area (Å²) in [5.41, 5.74) is -1.52. The Bertz CT molecular complexity index is 921. The van der Waals surface area contributed by atoms with Crippen LogP contribution in [0.4, 0.5) is 0 Å². The van der Waals surface area contributed by atoms with E-state index in [1.165, 1.54) is 11.9 Å². The van der Waals surface area contributed by atoms with Crippen LogP contribution >= 0.6 is 0 Å². The van der Waals surface area contributed by atoms with E-state index < -0.39 is 35.5 Å². The third-order valence-corrected chi connectivity index (χ3v) is 4.96. The molecule has 0 N–H and O–H groups in total. The van der Waals surface area contributed by atoms with Crippen LogP contribution in [0.5, 0.6) is 0 Å². The first-order valence-corrected chi connectivity index (χ1v) is 8.93. The largest absolute Gasteiger partial charge is 0.466 e. The molecule has 29 heavy (non-hydrogen) atoms. The SMILES string of the molecule is CCOC(=O)CN(C)C12OC(C(=O)c3ccccc31)C(C(=O)OC)=C2C(=O)OC. The predicted molar refractivity (Wildman–Crippen MR) is 97.6 cm³/mol. The highest BCUT2D eigenvalue weighted by atomic mass is 16.6. The lowest BCUT2D eigenvalue weighted by Gasteiger charge is -2.42. The number of likely N-dealkylation sites (N-methyl/N-ethyl adjacent to an activating group) is 1. The van der Waals surface area contributed by atoms with Gasteiger partial charge in [-0.15, -0.1) is 0 Å². The van der Waals surface area contributed by atoms with Crippen molar-refractivity contribution in [2.45, 2.75) is 18.8 Å². The van der Waals surface area contributed by atoms with Crippen molar-refractivity contribution in [1.29, 1.82) is 0 Å². The van der Waals surface area contributed by atoms with Crippen molar-refractivity contribution in [3.05, 3.63) is 46.5 Å². The molecule has 1 aromatic carbocycles. The van der Waals surface area contributed by atoms with Crippen molar-refractivity contribution in [2.75, 3.05) is 34.4 Å². The second-order valence-electron chi connectivity index (χ2n) is 6.48. The summed E-state index contributed by atoms with van der Waals surface area (Å²) in [5, 5.41) is 0. The van der Waals surface area contributed by atoms with E-state index in [1.807, 2.05) is 0 Å². The molecule has 0 spiro atoms. The molecule has 0 radical (unpaired) electrons. The van der Waals surface area contributed by atoms with Gasteiger partial charge in [-0.2, -0.15) is 0 Å². The van der Waals surface area contributed by atoms with Gasteiger partial charge in [0.1, 0.15) is 5.57 Å². The zero-order valence-electron chi connectivity index (χ0n) is 16.5. The van der Waals surface area contributed by atoms with Gasteiger partial charge in [0.2, 0.25) is 0 Å². The molecule has 154 valence electrons. The summed E-state index contributed by atoms with van der Waals surface area (Å²) >= 11 is 0. The average Bonchev–Trinajstić information content (AvgIpc) is 3.05. The number of Topliss-reactive ketones (excluding diaryl/α,β-unsaturated/α-hetero) is 1. The number of methoxy groups -OCH3 is 2. The lowest BCUT2D eigenvalue weighted by Crippen LogP contribution is -2.53. The second kappa shape index (κ2) is 7.76. The molecule has 9 nitrogen and oxygen atoms in total. The standard InChI is InChI=1S/C20H21NO8/c1-5-28-13(22)10-21(2)20-12-9-7-6-8-11(12)16(23)17(29-20)14(18(24)26-3)15(20)19(25)27-4/h6-9,17H,5,10H2,1-4H3. The van der Waals surface area contributed by atoms with Gasteiger partial charge in [0.25, 0.3) is 0 Å². The fraction of sp³-hybridized carbons (Fsp3) is 0.400. The molecule has 0 aromatic heterocycles. The number of hydrogen-bond donors (Lipinski definition) is 0. The number of carbonyl (C=O) groups is 4. The monoisotopic (exact) mass is 403 g/mol. The highest BCUT2D eigenvalue weighted by Crippen LogP contribution is 2.51. The number of rotatable bonds is 6. The normalized spacial score (nSPS) is 22.4. The van der Waals surface area contributed by atoms with Crippen molar-refractivity contribution in [2.24, 2.45) is 0 Å². The first kappa shape index (κ1) is 20.7. The highest BCUT2D eigenvalue weighted by molar-refractivity contribution is 6.15. The van der Waals surface area contributed by atoms with E-state index in [-0.39, 0.29) is 29.9 Å². The van der Waals surface area contributed by atoms with Gasteiger partial charge >= 0.3 is 17.9 Å². The zero-order chi connectivity index (χ0) is 21.3. The van der Waals surface area contributed by atoms with E-state index in [0.717, 1.165) is 14.2 Å². The zero-order valence-corrected chi connectivity index (χ0v) is 16.5. The first-order chi connectivity index (χ1) is 13.8. The number of benzene rings is 1. The summed E-state index contributed by atoms with van der Waals surface area (Å²) in [4.78, 5) is 51.9. The number of ether oxygens (including phenoxy) is 4. The molecule has 2 aliphatic rings. The Morgan fingerprint density at radius 1 is 1.14 bits per heavy atom. The molecule has 2 atom stereocenters. The Kier molecular flexibility index (Phi) is 5.54. The van der Waals surface area contributed by atoms with Gasteiger partial charge in [-0.05, 0) is 14.0 Å². The van der Waals surface area contributed by atoms with Crippen LogP contribution in [-0.2, 0) is 39.1 Å². The minimum atomic E-state index is -1.70. The number of ketones is 1. The molecule has 2 bridgehead atoms. The Hall–Kier alpha value is -3.04. The lowest BCUT2D eigenvalue weighted by molar-refractivity contribution is -0.165. The molecule has 0 fully saturated rings. The van der Waals surface area contributed by atoms with Crippen LogP contribution in [0, 0.1) is 0 Å². The third-order valence-electron chi connectivity index (χ3n) is 4.96. The van der Waals surface area contributed by atoms with Crippen molar-refractivity contribution >= 4 is 23.7 Å². The molecule has 3 rings (SSSR count). The van der Waals surface area contributed by atoms with Crippen LogP contribution in [0.2, 0.25) is 0 Å². The minimum absolute atomic E-state index is 0.172. The van der Waals surface area contributed by atoms with Gasteiger partial charge in [0.15, 0.2) is 17.6 Å². The van der Waals surface area contributed by atoms with Gasteiger partial charge in [-0.3, -0.25) is 14.5 Å². The van der Waals surface area contributed by atoms with E-state index in [0.29, 0.717) is 5.56 Å². The second-order valence-corrected chi connectivity index (χ2v) is 6.48. The summed E-state index contributed by atoms with van der Waals surface area (Å²) in [6.45, 7) is 1.57. The molecule has 0 aliphatic carbocycles. The quantitative estimate of drug-likeness (QED) is 0.497. The van der Waals surface area contributed by atoms with E-state index in [9.17, 15) is 19.2 Å². The maximum Gasteiger partial charge on any atom is 0.339 e. The van der Waals surface area contributed by atoms with E-state index in [1.54, 1.807) is 31.2 Å². The molecular weight excluding hydrogens is 382 g/mol. The van der Waals surface area contributed by atoms with Gasteiger partial charge in [0.05, 0.1) is 32.9 Å². The molecule has 2 heterocycles. The number of esters is 3. The summed E-state index contributed by atoms with van der Waals surface area (Å²) < 4.78 is 20.8. The van der Waals surface area contributed by atoms with Crippen LogP contribution < -0.4 is 0 Å². The molecule has 0 amide bonds. The van der Waals surface area contributed by atoms with Crippen molar-refractivity contribution in [3.63, 3.8) is 0 Å². The topological polar surface area (TPSA) is 108 Å². The molecule has 2 aliphatic heterocycles. The molecular formula is C20H21NO8. The minimum Gasteiger partial charge on any atom is -0.466 e. The van der Waals surface area contributed by atoms with Crippen molar-refractivity contribution < 1.29 is 38.1 Å². The average molecular weight is 403 g/mol. The summed E-state index contributed by atoms with van der Waals surface area (Å²) in [7, 11) is 3.82. The molecule has 0 saturated heterocycles. The van der Waals surface area contributed by atoms with Crippen molar-refractivity contribution in [1.82, 2.24) is 4.90 Å². The van der Waals surface area contributed by atoms with Gasteiger partial charge < -0.3 is 18.9 Å². The van der Waals surface area contributed by atoms with E-state index >= 15 is 0 Å². The van der Waals surface area contributed by atoms with Crippen LogP contribution in [0.3, 0.4) is 0 Å². The number of carbonyl (C=O) groups excluding carboxylic acids is 4. The number of hydrogen-bond acceptors (Lipinski definition) is 9. The maximum atomic E-state index is 13.0. The van der Waals surface area contributed by atoms with E-state index in [4.69, 9.17) is 18.9 Å². The Balaban J connectivity index is 2.29. The predicted octanol–water partition coefficient (Wildman–Crippen LogP) is 0.572. The Morgan fingerprint density at radius 2 is 1.79 bits per heavy atom. The van der Waals surface area contributed by atoms with Crippen LogP contribution in [0.1, 0.15) is 22.8 Å². The van der Waals surface area contributed by atoms with Crippen LogP contribution in [0.15, 0.2) is 35.4 Å². The van der Waals surface area contributed by atoms with Crippen LogP contribution in [-0.4, -0.2) is 69.1 Å². The molecule has 9 heteroatoms. The molecule has 1 aromatic rings. The van der Waals surface area contributed by atoms with E-state index in [2.05, 4.69) is 0 Å². The Morgan fingerprint density at radius 3 is 2.41 bits per heavy atom. The molecule has 0 saturated carbocycles. The van der Waals surface area contributed by atoms with Gasteiger partial charge in [-0.1, -0.05) is 24.3 Å². The highest BCUT2D eigenvalue weighted by Gasteiger charge is 2.62. The van der Waals surface area contributed by atoms with Gasteiger partial charge in [-0.25, -0.2) is 9.59 Å². The lowest BCUT2D eigenvalue weighted by atomic mass is 9.88. The summed E-state index contributed by atoms with van der Waals surface area (Å²) in [5.74, 6) is -2.80. The summed E-state index contributed by atoms with van der Waals surface area (Å²) in [6, 6.07) is 6.51. The number of fused-ring (bicyclic) bond motifs is 4. The number of nitrogens with zero attached hydrogens (tertiary/aromatic N) is 1. The smallest absolute Gasteiger partial charge is 0.339 e. The van der Waals surface area contributed by atoms with Crippen LogP contribution in [0.25, 0.3) is 0 Å². The maximum absolute atomic E-state index is 13.0. The molecule has 2 unspecified atom stereocenters. The van der Waals surface area contributed by atoms with Gasteiger partial charge in [0, 0.05) is 11.1 Å². The summed E-state index contributed by atoms with van der Waals surface area (Å²) in [6.07, 6.45) is -1.36. The van der Waals surface area contributed by atoms with Crippen molar-refractivity contribution in [3.8, 4) is 0 Å². The third kappa shape index (κ3) is 3.02. The fourth-order valence-electron chi connectivity index (χ4n) is 3.79. The first-order valence-electron chi connectivity index (χ1n) is 8.93. The Labute approximate surface area is 167 Å².